The van der Waals surface area contributed by atoms with Crippen LogP contribution in [0.25, 0.3) is 20.5 Å². The maximum absolute atomic E-state index is 5.59. The molecular formula is C14H12N2S. The third-order valence-corrected chi connectivity index (χ3v) is 3.91. The predicted octanol–water partition coefficient (Wildman–Crippen LogP) is 3.85. The number of aryl methyl sites for hydroxylation is 1. The molecule has 84 valence electrons. The molecule has 0 aliphatic carbocycles. The van der Waals surface area contributed by atoms with Crippen LogP contribution in [0.4, 0.5) is 5.82 Å². The van der Waals surface area contributed by atoms with Gasteiger partial charge >= 0.3 is 0 Å². The number of hydrogen-bond donors (Lipinski definition) is 1. The van der Waals surface area contributed by atoms with Crippen molar-refractivity contribution in [2.75, 3.05) is 5.73 Å². The molecule has 0 saturated heterocycles. The lowest BCUT2D eigenvalue weighted by molar-refractivity contribution is 1.34. The van der Waals surface area contributed by atoms with Gasteiger partial charge in [-0.15, -0.1) is 11.3 Å². The van der Waals surface area contributed by atoms with Crippen LogP contribution >= 0.6 is 11.3 Å². The first-order valence-corrected chi connectivity index (χ1v) is 6.26. The summed E-state index contributed by atoms with van der Waals surface area (Å²) in [5.41, 5.74) is 8.00. The Labute approximate surface area is 104 Å². The van der Waals surface area contributed by atoms with Gasteiger partial charge in [-0.2, -0.15) is 0 Å². The van der Waals surface area contributed by atoms with Crippen LogP contribution in [0.2, 0.25) is 0 Å². The molecule has 0 amide bonds. The summed E-state index contributed by atoms with van der Waals surface area (Å²) < 4.78 is 1.31. The van der Waals surface area contributed by atoms with Crippen molar-refractivity contribution in [2.45, 2.75) is 6.92 Å². The summed E-state index contributed by atoms with van der Waals surface area (Å²) in [5.74, 6) is 0.561. The second-order valence-corrected chi connectivity index (χ2v) is 5.21. The zero-order chi connectivity index (χ0) is 11.8. The van der Waals surface area contributed by atoms with E-state index in [0.717, 1.165) is 5.56 Å². The van der Waals surface area contributed by atoms with E-state index in [-0.39, 0.29) is 0 Å². The Bertz CT molecular complexity index is 668. The van der Waals surface area contributed by atoms with Crippen LogP contribution in [0.1, 0.15) is 5.56 Å². The van der Waals surface area contributed by atoms with Gasteiger partial charge in [0.2, 0.25) is 0 Å². The number of nitrogens with zero attached hydrogens (tertiary/aromatic N) is 1. The maximum Gasteiger partial charge on any atom is 0.123 e. The van der Waals surface area contributed by atoms with Gasteiger partial charge in [0.05, 0.1) is 0 Å². The predicted molar refractivity (Wildman–Crippen MR) is 74.2 cm³/mol. The minimum atomic E-state index is 0.561. The van der Waals surface area contributed by atoms with Crippen molar-refractivity contribution in [3.05, 3.63) is 48.2 Å². The molecule has 0 fully saturated rings. The molecule has 2 nitrogen and oxygen atoms in total. The summed E-state index contributed by atoms with van der Waals surface area (Å²) in [6.45, 7) is 2.11. The number of hydrogen-bond acceptors (Lipinski definition) is 3. The fraction of sp³-hybridized carbons (Fsp3) is 0.0714. The first-order valence-electron chi connectivity index (χ1n) is 5.44. The molecule has 0 radical (unpaired) electrons. The fourth-order valence-electron chi connectivity index (χ4n) is 1.86. The Morgan fingerprint density at radius 1 is 1.12 bits per heavy atom. The molecule has 1 aromatic carbocycles. The van der Waals surface area contributed by atoms with E-state index >= 15 is 0 Å². The maximum atomic E-state index is 5.59. The lowest BCUT2D eigenvalue weighted by atomic mass is 10.1. The van der Waals surface area contributed by atoms with E-state index in [1.807, 2.05) is 18.3 Å². The van der Waals surface area contributed by atoms with E-state index in [9.17, 15) is 0 Å². The van der Waals surface area contributed by atoms with Crippen molar-refractivity contribution < 1.29 is 0 Å². The standard InChI is InChI=1S/C14H12N2S/c1-9-2-4-12-11(6-9)7-13(17-12)10-3-5-14(15)16-8-10/h2-8H,1H3,(H2,15,16). The zero-order valence-corrected chi connectivity index (χ0v) is 10.3. The summed E-state index contributed by atoms with van der Waals surface area (Å²) in [6.07, 6.45) is 1.83. The van der Waals surface area contributed by atoms with Crippen LogP contribution in [0.3, 0.4) is 0 Å². The third kappa shape index (κ3) is 1.89. The molecule has 0 aliphatic heterocycles. The molecule has 3 aromatic rings. The normalized spacial score (nSPS) is 10.9. The van der Waals surface area contributed by atoms with Crippen LogP contribution in [0.15, 0.2) is 42.6 Å². The van der Waals surface area contributed by atoms with Crippen molar-refractivity contribution in [3.8, 4) is 10.4 Å². The first kappa shape index (κ1) is 10.3. The number of anilines is 1. The number of thiophene rings is 1. The van der Waals surface area contributed by atoms with Gasteiger partial charge in [0.1, 0.15) is 5.82 Å². The van der Waals surface area contributed by atoms with Crippen LogP contribution in [0, 0.1) is 6.92 Å². The van der Waals surface area contributed by atoms with Gasteiger partial charge in [-0.3, -0.25) is 0 Å². The molecule has 0 atom stereocenters. The third-order valence-electron chi connectivity index (χ3n) is 2.74. The molecule has 2 aromatic heterocycles. The molecule has 0 saturated carbocycles. The zero-order valence-electron chi connectivity index (χ0n) is 9.47. The summed E-state index contributed by atoms with van der Waals surface area (Å²) >= 11 is 1.78. The van der Waals surface area contributed by atoms with Gasteiger partial charge in [-0.1, -0.05) is 17.7 Å². The number of nitrogen functional groups attached to an aromatic ring is 1. The molecule has 2 heterocycles. The Hall–Kier alpha value is -1.87. The molecule has 0 bridgehead atoms. The number of rotatable bonds is 1. The molecule has 3 heteroatoms. The topological polar surface area (TPSA) is 38.9 Å². The van der Waals surface area contributed by atoms with Crippen molar-refractivity contribution in [2.24, 2.45) is 0 Å². The Morgan fingerprint density at radius 2 is 2.00 bits per heavy atom. The van der Waals surface area contributed by atoms with E-state index in [4.69, 9.17) is 5.73 Å². The Morgan fingerprint density at radius 3 is 2.76 bits per heavy atom. The van der Waals surface area contributed by atoms with Gasteiger partial charge in [0, 0.05) is 21.3 Å². The molecular weight excluding hydrogens is 228 g/mol. The molecule has 0 unspecified atom stereocenters. The quantitative estimate of drug-likeness (QED) is 0.701. The first-order chi connectivity index (χ1) is 8.22. The van der Waals surface area contributed by atoms with E-state index in [0.29, 0.717) is 5.82 Å². The minimum Gasteiger partial charge on any atom is -0.384 e. The second kappa shape index (κ2) is 3.86. The smallest absolute Gasteiger partial charge is 0.123 e. The fourth-order valence-corrected chi connectivity index (χ4v) is 2.89. The molecule has 0 aliphatic rings. The van der Waals surface area contributed by atoms with E-state index in [2.05, 4.69) is 36.2 Å². The lowest BCUT2D eigenvalue weighted by Crippen LogP contribution is -1.87. The highest BCUT2D eigenvalue weighted by atomic mass is 32.1. The van der Waals surface area contributed by atoms with Gasteiger partial charge < -0.3 is 5.73 Å². The highest BCUT2D eigenvalue weighted by Gasteiger charge is 2.04. The average Bonchev–Trinajstić information content (AvgIpc) is 2.72. The molecule has 2 N–H and O–H groups in total. The highest BCUT2D eigenvalue weighted by Crippen LogP contribution is 2.33. The average molecular weight is 240 g/mol. The van der Waals surface area contributed by atoms with E-state index in [1.165, 1.54) is 20.5 Å². The molecule has 17 heavy (non-hydrogen) atoms. The number of nitrogens with two attached hydrogens (primary N) is 1. The highest BCUT2D eigenvalue weighted by molar-refractivity contribution is 7.22. The van der Waals surface area contributed by atoms with Crippen molar-refractivity contribution in [3.63, 3.8) is 0 Å². The minimum absolute atomic E-state index is 0.561. The van der Waals surface area contributed by atoms with Gasteiger partial charge in [-0.25, -0.2) is 4.98 Å². The van der Waals surface area contributed by atoms with Crippen molar-refractivity contribution >= 4 is 27.2 Å². The second-order valence-electron chi connectivity index (χ2n) is 4.12. The molecule has 0 spiro atoms. The van der Waals surface area contributed by atoms with Crippen LogP contribution in [-0.2, 0) is 0 Å². The van der Waals surface area contributed by atoms with Crippen LogP contribution in [0.5, 0.6) is 0 Å². The largest absolute Gasteiger partial charge is 0.384 e. The monoisotopic (exact) mass is 240 g/mol. The Kier molecular flexibility index (Phi) is 2.34. The van der Waals surface area contributed by atoms with Crippen molar-refractivity contribution in [1.29, 1.82) is 0 Å². The summed E-state index contributed by atoms with van der Waals surface area (Å²) in [7, 11) is 0. The van der Waals surface area contributed by atoms with Gasteiger partial charge in [0.25, 0.3) is 0 Å². The summed E-state index contributed by atoms with van der Waals surface area (Å²) in [4.78, 5) is 5.36. The van der Waals surface area contributed by atoms with Gasteiger partial charge in [0.15, 0.2) is 0 Å². The van der Waals surface area contributed by atoms with E-state index < -0.39 is 0 Å². The SMILES string of the molecule is Cc1ccc2sc(-c3ccc(N)nc3)cc2c1. The van der Waals surface area contributed by atoms with Crippen molar-refractivity contribution in [1.82, 2.24) is 4.98 Å². The lowest BCUT2D eigenvalue weighted by Gasteiger charge is -1.96. The van der Waals surface area contributed by atoms with E-state index in [1.54, 1.807) is 11.3 Å². The Balaban J connectivity index is 2.14. The van der Waals surface area contributed by atoms with Crippen LogP contribution in [-0.4, -0.2) is 4.98 Å². The summed E-state index contributed by atoms with van der Waals surface area (Å²) in [6, 6.07) is 12.6. The van der Waals surface area contributed by atoms with Gasteiger partial charge in [-0.05, 0) is 36.6 Å². The number of aromatic nitrogens is 1. The number of benzene rings is 1. The molecule has 3 rings (SSSR count). The number of fused-ring (bicyclic) bond motifs is 1. The number of pyridine rings is 1. The van der Waals surface area contributed by atoms with Crippen LogP contribution < -0.4 is 5.73 Å². The summed E-state index contributed by atoms with van der Waals surface area (Å²) in [5, 5.41) is 1.29.